The van der Waals surface area contributed by atoms with E-state index in [1.165, 1.54) is 0 Å². The molecule has 2 N–H and O–H groups in total. The molecule has 1 atom stereocenters. The Labute approximate surface area is 125 Å². The van der Waals surface area contributed by atoms with Crippen LogP contribution >= 0.6 is 0 Å². The fraction of sp³-hybridized carbons (Fsp3) is 0.562. The van der Waals surface area contributed by atoms with Gasteiger partial charge in [-0.1, -0.05) is 30.3 Å². The quantitative estimate of drug-likeness (QED) is 0.718. The first-order valence-corrected chi connectivity index (χ1v) is 7.35. The lowest BCUT2D eigenvalue weighted by Gasteiger charge is -2.35. The van der Waals surface area contributed by atoms with Crippen molar-refractivity contribution in [2.45, 2.75) is 24.4 Å². The Kier molecular flexibility index (Phi) is 5.33. The maximum Gasteiger partial charge on any atom is 0.329 e. The summed E-state index contributed by atoms with van der Waals surface area (Å²) in [5, 5.41) is 12.9. The molecule has 0 aliphatic heterocycles. The summed E-state index contributed by atoms with van der Waals surface area (Å²) < 4.78 is 5.16. The van der Waals surface area contributed by atoms with Gasteiger partial charge in [-0.25, -0.2) is 4.79 Å². The molecule has 21 heavy (non-hydrogen) atoms. The summed E-state index contributed by atoms with van der Waals surface area (Å²) in [4.78, 5) is 14.2. The second-order valence-corrected chi connectivity index (χ2v) is 5.52. The number of aliphatic carboxylic acids is 1. The molecule has 0 radical (unpaired) electrons. The van der Waals surface area contributed by atoms with E-state index in [1.54, 1.807) is 14.2 Å². The van der Waals surface area contributed by atoms with E-state index in [2.05, 4.69) is 10.2 Å². The third-order valence-electron chi connectivity index (χ3n) is 4.14. The number of methoxy groups -OCH3 is 1. The van der Waals surface area contributed by atoms with Crippen LogP contribution < -0.4 is 5.32 Å². The highest BCUT2D eigenvalue weighted by Crippen LogP contribution is 2.31. The number of likely N-dealkylation sites (N-methyl/N-ethyl adjacent to an activating group) is 1. The Morgan fingerprint density at radius 1 is 1.43 bits per heavy atom. The van der Waals surface area contributed by atoms with Crippen molar-refractivity contribution < 1.29 is 14.6 Å². The van der Waals surface area contributed by atoms with Crippen molar-refractivity contribution in [1.82, 2.24) is 10.2 Å². The van der Waals surface area contributed by atoms with Crippen molar-refractivity contribution >= 4 is 5.97 Å². The van der Waals surface area contributed by atoms with Gasteiger partial charge in [-0.15, -0.1) is 0 Å². The van der Waals surface area contributed by atoms with Gasteiger partial charge in [0, 0.05) is 26.2 Å². The van der Waals surface area contributed by atoms with E-state index in [1.807, 2.05) is 30.3 Å². The second-order valence-electron chi connectivity index (χ2n) is 5.52. The van der Waals surface area contributed by atoms with Crippen LogP contribution in [-0.2, 0) is 15.1 Å². The van der Waals surface area contributed by atoms with Crippen molar-refractivity contribution in [3.63, 3.8) is 0 Å². The van der Waals surface area contributed by atoms with E-state index in [9.17, 15) is 9.90 Å². The van der Waals surface area contributed by atoms with Crippen molar-refractivity contribution in [1.29, 1.82) is 0 Å². The summed E-state index contributed by atoms with van der Waals surface area (Å²) in [6.07, 6.45) is 2.27. The van der Waals surface area contributed by atoms with E-state index < -0.39 is 11.5 Å². The minimum atomic E-state index is -1.09. The van der Waals surface area contributed by atoms with Crippen molar-refractivity contribution in [3.8, 4) is 0 Å². The van der Waals surface area contributed by atoms with Crippen LogP contribution in [0.3, 0.4) is 0 Å². The van der Waals surface area contributed by atoms with Crippen LogP contribution in [-0.4, -0.2) is 55.9 Å². The Morgan fingerprint density at radius 3 is 2.57 bits per heavy atom. The smallest absolute Gasteiger partial charge is 0.329 e. The lowest BCUT2D eigenvalue weighted by atomic mass is 9.89. The molecule has 5 heteroatoms. The average molecular weight is 292 g/mol. The number of carboxylic acids is 1. The molecule has 0 saturated heterocycles. The summed E-state index contributed by atoms with van der Waals surface area (Å²) in [6, 6.07) is 9.87. The molecule has 0 amide bonds. The van der Waals surface area contributed by atoms with Crippen LogP contribution in [0.2, 0.25) is 0 Å². The van der Waals surface area contributed by atoms with Gasteiger partial charge in [-0.3, -0.25) is 4.90 Å². The van der Waals surface area contributed by atoms with Crippen LogP contribution in [0.15, 0.2) is 30.3 Å². The predicted molar refractivity (Wildman–Crippen MR) is 81.3 cm³/mol. The molecule has 1 aliphatic rings. The predicted octanol–water partition coefficient (Wildman–Crippen LogP) is 1.30. The van der Waals surface area contributed by atoms with Crippen LogP contribution in [0.1, 0.15) is 18.4 Å². The molecule has 1 saturated carbocycles. The number of benzene rings is 1. The highest BCUT2D eigenvalue weighted by Gasteiger charge is 2.43. The van der Waals surface area contributed by atoms with E-state index >= 15 is 0 Å². The van der Waals surface area contributed by atoms with Crippen molar-refractivity contribution in [2.75, 3.05) is 33.9 Å². The zero-order chi connectivity index (χ0) is 15.3. The first-order chi connectivity index (χ1) is 10.1. The molecule has 1 aromatic rings. The molecule has 0 bridgehead atoms. The normalized spacial score (nSPS) is 17.7. The molecule has 1 aromatic carbocycles. The number of hydrogen-bond donors (Lipinski definition) is 2. The lowest BCUT2D eigenvalue weighted by Crippen LogP contribution is -2.56. The summed E-state index contributed by atoms with van der Waals surface area (Å²) in [5.41, 5.74) is -0.305. The highest BCUT2D eigenvalue weighted by molar-refractivity contribution is 5.81. The summed E-state index contributed by atoms with van der Waals surface area (Å²) in [6.45, 7) is 1.81. The number of nitrogens with zero attached hydrogens (tertiary/aromatic N) is 1. The highest BCUT2D eigenvalue weighted by atomic mass is 16.5. The largest absolute Gasteiger partial charge is 0.480 e. The van der Waals surface area contributed by atoms with Gasteiger partial charge in [-0.05, 0) is 25.5 Å². The molecule has 0 spiro atoms. The van der Waals surface area contributed by atoms with Gasteiger partial charge in [-0.2, -0.15) is 0 Å². The molecular weight excluding hydrogens is 268 g/mol. The van der Waals surface area contributed by atoms with Gasteiger partial charge in [0.05, 0.1) is 6.61 Å². The molecule has 1 unspecified atom stereocenters. The Morgan fingerprint density at radius 2 is 2.10 bits per heavy atom. The zero-order valence-electron chi connectivity index (χ0n) is 12.7. The van der Waals surface area contributed by atoms with Crippen LogP contribution in [0.5, 0.6) is 0 Å². The van der Waals surface area contributed by atoms with Gasteiger partial charge >= 0.3 is 5.97 Å². The van der Waals surface area contributed by atoms with E-state index in [0.717, 1.165) is 24.9 Å². The topological polar surface area (TPSA) is 61.8 Å². The van der Waals surface area contributed by atoms with Crippen molar-refractivity contribution in [2.24, 2.45) is 0 Å². The summed E-state index contributed by atoms with van der Waals surface area (Å²) >= 11 is 0. The maximum absolute atomic E-state index is 12.0. The van der Waals surface area contributed by atoms with Crippen LogP contribution in [0.4, 0.5) is 0 Å². The minimum absolute atomic E-state index is 0.441. The van der Waals surface area contributed by atoms with Gasteiger partial charge in [0.2, 0.25) is 0 Å². The molecule has 5 nitrogen and oxygen atoms in total. The second kappa shape index (κ2) is 7.02. The number of carboxylic acid groups (broad SMARTS) is 1. The number of hydrogen-bond acceptors (Lipinski definition) is 4. The summed E-state index contributed by atoms with van der Waals surface area (Å²) in [7, 11) is 3.38. The molecule has 1 fully saturated rings. The first-order valence-electron chi connectivity index (χ1n) is 7.35. The molecule has 0 heterocycles. The maximum atomic E-state index is 12.0. The molecule has 116 valence electrons. The Balaban J connectivity index is 2.24. The number of nitrogens with one attached hydrogen (secondary N) is 1. The Hall–Kier alpha value is -1.43. The molecule has 1 aliphatic carbocycles. The van der Waals surface area contributed by atoms with Crippen LogP contribution in [0, 0.1) is 0 Å². The van der Waals surface area contributed by atoms with Gasteiger partial charge in [0.15, 0.2) is 5.54 Å². The number of ether oxygens (including phenoxy) is 1. The molecule has 0 aromatic heterocycles. The fourth-order valence-electron chi connectivity index (χ4n) is 2.68. The SMILES string of the molecule is CNC(CN(CCOC)C1CC1)(C(=O)O)c1ccccc1. The fourth-order valence-corrected chi connectivity index (χ4v) is 2.68. The summed E-state index contributed by atoms with van der Waals surface area (Å²) in [5.74, 6) is -0.848. The lowest BCUT2D eigenvalue weighted by molar-refractivity contribution is -0.146. The number of rotatable bonds is 9. The van der Waals surface area contributed by atoms with E-state index in [0.29, 0.717) is 19.2 Å². The minimum Gasteiger partial charge on any atom is -0.480 e. The Bertz CT molecular complexity index is 462. The van der Waals surface area contributed by atoms with Crippen LogP contribution in [0.25, 0.3) is 0 Å². The standard InChI is InChI=1S/C16H24N2O3/c1-17-16(15(19)20,13-6-4-3-5-7-13)12-18(10-11-21-2)14-8-9-14/h3-7,14,17H,8-12H2,1-2H3,(H,19,20). The van der Waals surface area contributed by atoms with Gasteiger partial charge in [0.1, 0.15) is 0 Å². The van der Waals surface area contributed by atoms with Crippen molar-refractivity contribution in [3.05, 3.63) is 35.9 Å². The molecular formula is C16H24N2O3. The first kappa shape index (κ1) is 15.9. The van der Waals surface area contributed by atoms with E-state index in [-0.39, 0.29) is 0 Å². The number of carbonyl (C=O) groups is 1. The average Bonchev–Trinajstić information content (AvgIpc) is 3.33. The third kappa shape index (κ3) is 3.61. The van der Waals surface area contributed by atoms with E-state index in [4.69, 9.17) is 4.74 Å². The molecule has 2 rings (SSSR count). The third-order valence-corrected chi connectivity index (χ3v) is 4.14. The van der Waals surface area contributed by atoms with Gasteiger partial charge in [0.25, 0.3) is 0 Å². The monoisotopic (exact) mass is 292 g/mol. The zero-order valence-corrected chi connectivity index (χ0v) is 12.7. The van der Waals surface area contributed by atoms with Gasteiger partial charge < -0.3 is 15.2 Å².